The Morgan fingerprint density at radius 1 is 1.60 bits per heavy atom. The molecular formula is C7H12F2N. The molecule has 1 aliphatic rings. The highest BCUT2D eigenvalue weighted by atomic mass is 19.3. The lowest BCUT2D eigenvalue weighted by atomic mass is 10.0. The van der Waals surface area contributed by atoms with Crippen LogP contribution in [0, 0.1) is 6.42 Å². The maximum Gasteiger partial charge on any atom is 0.240 e. The largest absolute Gasteiger partial charge is 0.314 e. The van der Waals surface area contributed by atoms with E-state index in [1.54, 1.807) is 0 Å². The first kappa shape index (κ1) is 7.92. The minimum Gasteiger partial charge on any atom is -0.314 e. The lowest BCUT2D eigenvalue weighted by molar-refractivity contribution is 0.120. The van der Waals surface area contributed by atoms with E-state index in [0.29, 0.717) is 0 Å². The minimum atomic E-state index is -2.16. The fourth-order valence-corrected chi connectivity index (χ4v) is 1.19. The van der Waals surface area contributed by atoms with E-state index in [4.69, 9.17) is 0 Å². The number of halogens is 2. The highest BCUT2D eigenvalue weighted by Gasteiger charge is 2.16. The summed E-state index contributed by atoms with van der Waals surface area (Å²) in [6, 6.07) is 0.0220. The van der Waals surface area contributed by atoms with Gasteiger partial charge in [-0.2, -0.15) is 0 Å². The second-order valence-corrected chi connectivity index (χ2v) is 2.59. The number of alkyl halides is 2. The molecule has 0 saturated carbocycles. The zero-order chi connectivity index (χ0) is 7.40. The minimum absolute atomic E-state index is 0.00347. The topological polar surface area (TPSA) is 12.0 Å². The summed E-state index contributed by atoms with van der Waals surface area (Å²) in [5.41, 5.74) is 0. The summed E-state index contributed by atoms with van der Waals surface area (Å²) in [7, 11) is 0. The Labute approximate surface area is 59.8 Å². The Bertz CT molecular complexity index is 89.6. The molecule has 1 radical (unpaired) electrons. The third-order valence-corrected chi connectivity index (χ3v) is 1.70. The van der Waals surface area contributed by atoms with Gasteiger partial charge in [0.25, 0.3) is 0 Å². The quantitative estimate of drug-likeness (QED) is 0.627. The van der Waals surface area contributed by atoms with Gasteiger partial charge < -0.3 is 5.32 Å². The average Bonchev–Trinajstić information content (AvgIpc) is 1.88. The standard InChI is InChI=1S/C7H12F2N/c8-7(9)5-6-3-1-2-4-10-6/h1,6-7,10H,2-5H2. The molecule has 0 spiro atoms. The maximum atomic E-state index is 11.8. The normalized spacial score (nSPS) is 27.3. The second-order valence-electron chi connectivity index (χ2n) is 2.59. The third-order valence-electron chi connectivity index (χ3n) is 1.70. The van der Waals surface area contributed by atoms with E-state index in [0.717, 1.165) is 19.4 Å². The average molecular weight is 148 g/mol. The van der Waals surface area contributed by atoms with Crippen LogP contribution in [0.3, 0.4) is 0 Å². The van der Waals surface area contributed by atoms with Crippen LogP contribution in [-0.2, 0) is 0 Å². The van der Waals surface area contributed by atoms with Gasteiger partial charge in [-0.15, -0.1) is 0 Å². The molecule has 0 aromatic rings. The lowest BCUT2D eigenvalue weighted by Crippen LogP contribution is -2.35. The van der Waals surface area contributed by atoms with Gasteiger partial charge in [-0.3, -0.25) is 0 Å². The van der Waals surface area contributed by atoms with Crippen molar-refractivity contribution < 1.29 is 8.78 Å². The van der Waals surface area contributed by atoms with Crippen LogP contribution < -0.4 is 5.32 Å². The Balaban J connectivity index is 2.13. The highest BCUT2D eigenvalue weighted by molar-refractivity contribution is 4.82. The Hall–Kier alpha value is -0.180. The van der Waals surface area contributed by atoms with Gasteiger partial charge in [-0.1, -0.05) is 0 Å². The molecule has 0 aliphatic carbocycles. The molecule has 0 aromatic heterocycles. The van der Waals surface area contributed by atoms with E-state index in [-0.39, 0.29) is 12.5 Å². The fraction of sp³-hybridized carbons (Fsp3) is 0.857. The van der Waals surface area contributed by atoms with E-state index in [1.165, 1.54) is 0 Å². The van der Waals surface area contributed by atoms with E-state index in [2.05, 4.69) is 11.7 Å². The van der Waals surface area contributed by atoms with Crippen LogP contribution in [-0.4, -0.2) is 19.0 Å². The van der Waals surface area contributed by atoms with Crippen molar-refractivity contribution in [3.05, 3.63) is 6.42 Å². The smallest absolute Gasteiger partial charge is 0.240 e. The van der Waals surface area contributed by atoms with E-state index in [9.17, 15) is 8.78 Å². The van der Waals surface area contributed by atoms with Crippen molar-refractivity contribution in [3.8, 4) is 0 Å². The number of rotatable bonds is 2. The molecule has 1 fully saturated rings. The molecule has 0 aromatic carbocycles. The molecule has 1 aliphatic heterocycles. The molecule has 0 amide bonds. The zero-order valence-electron chi connectivity index (χ0n) is 5.82. The summed E-state index contributed by atoms with van der Waals surface area (Å²) >= 11 is 0. The number of hydrogen-bond donors (Lipinski definition) is 1. The van der Waals surface area contributed by atoms with E-state index < -0.39 is 6.43 Å². The number of hydrogen-bond acceptors (Lipinski definition) is 1. The number of piperidine rings is 1. The molecule has 1 atom stereocenters. The van der Waals surface area contributed by atoms with Crippen LogP contribution in [0.2, 0.25) is 0 Å². The van der Waals surface area contributed by atoms with Crippen molar-refractivity contribution >= 4 is 0 Å². The van der Waals surface area contributed by atoms with Gasteiger partial charge >= 0.3 is 0 Å². The van der Waals surface area contributed by atoms with Gasteiger partial charge in [0.15, 0.2) is 0 Å². The van der Waals surface area contributed by atoms with Crippen LogP contribution in [0.1, 0.15) is 19.3 Å². The molecule has 1 N–H and O–H groups in total. The van der Waals surface area contributed by atoms with Gasteiger partial charge in [-0.05, 0) is 25.8 Å². The second kappa shape index (κ2) is 3.86. The van der Waals surface area contributed by atoms with Crippen molar-refractivity contribution in [2.45, 2.75) is 31.7 Å². The molecule has 1 saturated heterocycles. The third kappa shape index (κ3) is 2.60. The fourth-order valence-electron chi connectivity index (χ4n) is 1.19. The van der Waals surface area contributed by atoms with E-state index >= 15 is 0 Å². The Kier molecular flexibility index (Phi) is 3.06. The monoisotopic (exact) mass is 148 g/mol. The summed E-state index contributed by atoms with van der Waals surface area (Å²) < 4.78 is 23.5. The first-order valence-corrected chi connectivity index (χ1v) is 3.62. The van der Waals surface area contributed by atoms with Crippen molar-refractivity contribution in [3.63, 3.8) is 0 Å². The molecule has 59 valence electrons. The Morgan fingerprint density at radius 2 is 2.40 bits per heavy atom. The summed E-state index contributed by atoms with van der Waals surface area (Å²) in [5, 5.41) is 3.04. The molecule has 1 unspecified atom stereocenters. The Morgan fingerprint density at radius 3 is 2.90 bits per heavy atom. The van der Waals surface area contributed by atoms with Gasteiger partial charge in [0.05, 0.1) is 0 Å². The first-order valence-electron chi connectivity index (χ1n) is 3.62. The predicted octanol–water partition coefficient (Wildman–Crippen LogP) is 1.60. The first-order chi connectivity index (χ1) is 4.79. The lowest BCUT2D eigenvalue weighted by Gasteiger charge is -2.22. The maximum absolute atomic E-state index is 11.8. The zero-order valence-corrected chi connectivity index (χ0v) is 5.82. The van der Waals surface area contributed by atoms with Gasteiger partial charge in [0, 0.05) is 12.5 Å². The summed E-state index contributed by atoms with van der Waals surface area (Å²) in [4.78, 5) is 0. The summed E-state index contributed by atoms with van der Waals surface area (Å²) in [6.45, 7) is 0.859. The molecule has 3 heteroatoms. The van der Waals surface area contributed by atoms with Crippen molar-refractivity contribution in [1.29, 1.82) is 0 Å². The molecule has 1 rings (SSSR count). The van der Waals surface area contributed by atoms with Crippen molar-refractivity contribution in [2.24, 2.45) is 0 Å². The van der Waals surface area contributed by atoms with Crippen molar-refractivity contribution in [2.75, 3.05) is 6.54 Å². The molecule has 10 heavy (non-hydrogen) atoms. The molecule has 1 heterocycles. The van der Waals surface area contributed by atoms with Gasteiger partial charge in [0.2, 0.25) is 6.43 Å². The van der Waals surface area contributed by atoms with E-state index in [1.807, 2.05) is 0 Å². The van der Waals surface area contributed by atoms with Crippen LogP contribution in [0.25, 0.3) is 0 Å². The van der Waals surface area contributed by atoms with Crippen molar-refractivity contribution in [1.82, 2.24) is 5.32 Å². The summed E-state index contributed by atoms with van der Waals surface area (Å²) in [6.07, 6.45) is 1.72. The molecular weight excluding hydrogens is 136 g/mol. The van der Waals surface area contributed by atoms with Crippen LogP contribution in [0.15, 0.2) is 0 Å². The summed E-state index contributed by atoms with van der Waals surface area (Å²) in [5.74, 6) is 0. The molecule has 0 bridgehead atoms. The number of nitrogens with one attached hydrogen (secondary N) is 1. The predicted molar refractivity (Wildman–Crippen MR) is 35.9 cm³/mol. The highest BCUT2D eigenvalue weighted by Crippen LogP contribution is 2.12. The van der Waals surface area contributed by atoms with Crippen LogP contribution in [0.5, 0.6) is 0 Å². The van der Waals surface area contributed by atoms with Gasteiger partial charge in [-0.25, -0.2) is 8.78 Å². The van der Waals surface area contributed by atoms with Crippen LogP contribution >= 0.6 is 0 Å². The van der Waals surface area contributed by atoms with Gasteiger partial charge in [0.1, 0.15) is 0 Å². The van der Waals surface area contributed by atoms with Crippen LogP contribution in [0.4, 0.5) is 8.78 Å². The molecule has 1 nitrogen and oxygen atoms in total. The SMILES string of the molecule is FC(F)CC1C[CH]CCN1.